The topological polar surface area (TPSA) is 50.8 Å². The highest BCUT2D eigenvalue weighted by atomic mass is 35.5. The third-order valence-corrected chi connectivity index (χ3v) is 6.41. The van der Waals surface area contributed by atoms with Gasteiger partial charge in [-0.05, 0) is 82.2 Å². The quantitative estimate of drug-likeness (QED) is 0.691. The molecule has 0 radical (unpaired) electrons. The van der Waals surface area contributed by atoms with Gasteiger partial charge in [-0.2, -0.15) is 0 Å². The van der Waals surface area contributed by atoms with Crippen LogP contribution in [0.15, 0.2) is 24.3 Å². The summed E-state index contributed by atoms with van der Waals surface area (Å²) in [5, 5.41) is 3.37. The summed E-state index contributed by atoms with van der Waals surface area (Å²) < 4.78 is 11.0. The third-order valence-electron chi connectivity index (χ3n) is 6.41. The molecule has 2 saturated heterocycles. The van der Waals surface area contributed by atoms with Gasteiger partial charge in [0.25, 0.3) is 0 Å². The van der Waals surface area contributed by atoms with Gasteiger partial charge in [0.2, 0.25) is 5.91 Å². The van der Waals surface area contributed by atoms with Crippen LogP contribution in [0.25, 0.3) is 0 Å². The molecular formula is C23H37ClN2O3. The fourth-order valence-electron chi connectivity index (χ4n) is 4.65. The molecule has 0 bridgehead atoms. The smallest absolute Gasteiger partial charge is 0.231 e. The zero-order valence-electron chi connectivity index (χ0n) is 18.0. The number of aryl methyl sites for hydroxylation is 1. The van der Waals surface area contributed by atoms with E-state index in [-0.39, 0.29) is 17.8 Å². The molecule has 0 spiro atoms. The van der Waals surface area contributed by atoms with Crippen molar-refractivity contribution in [2.45, 2.75) is 45.4 Å². The van der Waals surface area contributed by atoms with E-state index in [1.807, 2.05) is 6.92 Å². The molecule has 1 aromatic rings. The molecule has 0 aromatic heterocycles. The summed E-state index contributed by atoms with van der Waals surface area (Å²) in [5.74, 6) is 1.98. The van der Waals surface area contributed by atoms with E-state index in [9.17, 15) is 4.79 Å². The maximum atomic E-state index is 13.2. The van der Waals surface area contributed by atoms with Crippen molar-refractivity contribution in [1.82, 2.24) is 10.2 Å². The molecule has 0 atom stereocenters. The average molecular weight is 425 g/mol. The van der Waals surface area contributed by atoms with Crippen LogP contribution in [0.1, 0.15) is 44.6 Å². The van der Waals surface area contributed by atoms with Gasteiger partial charge in [0.15, 0.2) is 0 Å². The van der Waals surface area contributed by atoms with Gasteiger partial charge in [0.1, 0.15) is 5.75 Å². The molecule has 0 aliphatic carbocycles. The van der Waals surface area contributed by atoms with Crippen molar-refractivity contribution >= 4 is 18.3 Å². The maximum absolute atomic E-state index is 13.2. The highest BCUT2D eigenvalue weighted by Gasteiger charge is 2.42. The van der Waals surface area contributed by atoms with Crippen molar-refractivity contribution in [2.75, 3.05) is 46.5 Å². The number of carbonyl (C=O) groups excluding carboxylic acids is 1. The number of hydrogen-bond donors (Lipinski definition) is 1. The minimum Gasteiger partial charge on any atom is -0.494 e. The standard InChI is InChI=1S/C23H36N2O3.ClH/c1-3-28-21-8-6-19(7-9-21)4-5-20-10-16-25(17-11-20)22(26)23(18-27-2)12-14-24-15-13-23;/h6-9,20,24H,3-5,10-18H2,1-2H3;1H. The molecule has 3 rings (SSSR count). The van der Waals surface area contributed by atoms with E-state index >= 15 is 0 Å². The number of benzene rings is 1. The highest BCUT2D eigenvalue weighted by Crippen LogP contribution is 2.34. The second-order valence-corrected chi connectivity index (χ2v) is 8.31. The SMILES string of the molecule is CCOc1ccc(CCC2CCN(C(=O)C3(COC)CCNCC3)CC2)cc1.Cl. The fourth-order valence-corrected chi connectivity index (χ4v) is 4.65. The second kappa shape index (κ2) is 11.8. The Bertz CT molecular complexity index is 604. The van der Waals surface area contributed by atoms with Crippen LogP contribution in [-0.4, -0.2) is 57.3 Å². The maximum Gasteiger partial charge on any atom is 0.231 e. The van der Waals surface area contributed by atoms with Crippen molar-refractivity contribution in [3.05, 3.63) is 29.8 Å². The molecule has 0 saturated carbocycles. The van der Waals surface area contributed by atoms with Gasteiger partial charge >= 0.3 is 0 Å². The van der Waals surface area contributed by atoms with Crippen molar-refractivity contribution in [3.63, 3.8) is 0 Å². The first-order valence-corrected chi connectivity index (χ1v) is 10.9. The number of rotatable bonds is 8. The molecule has 1 amide bonds. The van der Waals surface area contributed by atoms with Crippen LogP contribution >= 0.6 is 12.4 Å². The Balaban J connectivity index is 0.00000300. The number of nitrogens with one attached hydrogen (secondary N) is 1. The Kier molecular flexibility index (Phi) is 9.73. The number of amides is 1. The highest BCUT2D eigenvalue weighted by molar-refractivity contribution is 5.85. The Labute approximate surface area is 181 Å². The lowest BCUT2D eigenvalue weighted by Crippen LogP contribution is -2.53. The first-order chi connectivity index (χ1) is 13.7. The molecule has 2 fully saturated rings. The Morgan fingerprint density at radius 3 is 2.41 bits per heavy atom. The zero-order chi connectivity index (χ0) is 19.8. The number of ether oxygens (including phenoxy) is 2. The van der Waals surface area contributed by atoms with Crippen LogP contribution in [0.2, 0.25) is 0 Å². The van der Waals surface area contributed by atoms with Crippen molar-refractivity contribution < 1.29 is 14.3 Å². The lowest BCUT2D eigenvalue weighted by atomic mass is 9.77. The summed E-state index contributed by atoms with van der Waals surface area (Å²) in [7, 11) is 1.71. The molecule has 2 heterocycles. The molecule has 1 aromatic carbocycles. The number of carbonyl (C=O) groups is 1. The Morgan fingerprint density at radius 2 is 1.83 bits per heavy atom. The van der Waals surface area contributed by atoms with Gasteiger partial charge in [-0.1, -0.05) is 12.1 Å². The van der Waals surface area contributed by atoms with E-state index in [4.69, 9.17) is 9.47 Å². The summed E-state index contributed by atoms with van der Waals surface area (Å²) >= 11 is 0. The van der Waals surface area contributed by atoms with Crippen LogP contribution in [0.4, 0.5) is 0 Å². The molecular weight excluding hydrogens is 388 g/mol. The van der Waals surface area contributed by atoms with Crippen LogP contribution in [0.5, 0.6) is 5.75 Å². The van der Waals surface area contributed by atoms with Crippen molar-refractivity contribution in [1.29, 1.82) is 0 Å². The third kappa shape index (κ3) is 6.34. The predicted octanol–water partition coefficient (Wildman–Crippen LogP) is 3.69. The van der Waals surface area contributed by atoms with E-state index in [0.717, 1.165) is 64.0 Å². The number of halogens is 1. The first kappa shape index (κ1) is 24.0. The number of likely N-dealkylation sites (tertiary alicyclic amines) is 1. The largest absolute Gasteiger partial charge is 0.494 e. The number of methoxy groups -OCH3 is 1. The van der Waals surface area contributed by atoms with Crippen molar-refractivity contribution in [3.8, 4) is 5.75 Å². The first-order valence-electron chi connectivity index (χ1n) is 10.9. The predicted molar refractivity (Wildman–Crippen MR) is 119 cm³/mol. The van der Waals surface area contributed by atoms with Gasteiger partial charge in [-0.15, -0.1) is 12.4 Å². The number of hydrogen-bond acceptors (Lipinski definition) is 4. The van der Waals surface area contributed by atoms with Crippen LogP contribution < -0.4 is 10.1 Å². The number of nitrogens with zero attached hydrogens (tertiary/aromatic N) is 1. The van der Waals surface area contributed by atoms with Crippen molar-refractivity contribution in [2.24, 2.45) is 11.3 Å². The van der Waals surface area contributed by atoms with E-state index < -0.39 is 0 Å². The summed E-state index contributed by atoms with van der Waals surface area (Å²) in [6.45, 7) is 6.87. The van der Waals surface area contributed by atoms with Gasteiger partial charge in [0, 0.05) is 20.2 Å². The number of piperidine rings is 2. The van der Waals surface area contributed by atoms with Crippen LogP contribution in [0.3, 0.4) is 0 Å². The fraction of sp³-hybridized carbons (Fsp3) is 0.696. The minimum atomic E-state index is -0.310. The minimum absolute atomic E-state index is 0. The monoisotopic (exact) mass is 424 g/mol. The molecule has 1 N–H and O–H groups in total. The van der Waals surface area contributed by atoms with E-state index in [1.165, 1.54) is 12.0 Å². The lowest BCUT2D eigenvalue weighted by Gasteiger charge is -2.42. The van der Waals surface area contributed by atoms with Gasteiger partial charge in [-0.25, -0.2) is 0 Å². The molecule has 2 aliphatic heterocycles. The molecule has 0 unspecified atom stereocenters. The molecule has 29 heavy (non-hydrogen) atoms. The van der Waals surface area contributed by atoms with Crippen LogP contribution in [-0.2, 0) is 16.0 Å². The van der Waals surface area contributed by atoms with E-state index in [0.29, 0.717) is 25.0 Å². The summed E-state index contributed by atoms with van der Waals surface area (Å²) in [4.78, 5) is 15.4. The van der Waals surface area contributed by atoms with Gasteiger partial charge in [0.05, 0.1) is 18.6 Å². The Morgan fingerprint density at radius 1 is 1.17 bits per heavy atom. The van der Waals surface area contributed by atoms with Gasteiger partial charge in [-0.3, -0.25) is 4.79 Å². The Hall–Kier alpha value is -1.30. The van der Waals surface area contributed by atoms with Crippen LogP contribution in [0, 0.1) is 11.3 Å². The van der Waals surface area contributed by atoms with Gasteiger partial charge < -0.3 is 19.7 Å². The summed E-state index contributed by atoms with van der Waals surface area (Å²) in [6, 6.07) is 8.48. The normalized spacial score (nSPS) is 19.4. The summed E-state index contributed by atoms with van der Waals surface area (Å²) in [5.41, 5.74) is 1.06. The molecule has 2 aliphatic rings. The van der Waals surface area contributed by atoms with E-state index in [1.54, 1.807) is 7.11 Å². The second-order valence-electron chi connectivity index (χ2n) is 8.31. The summed E-state index contributed by atoms with van der Waals surface area (Å²) in [6.07, 6.45) is 6.30. The zero-order valence-corrected chi connectivity index (χ0v) is 18.8. The molecule has 5 nitrogen and oxygen atoms in total. The molecule has 6 heteroatoms. The molecule has 164 valence electrons. The average Bonchev–Trinajstić information content (AvgIpc) is 2.74. The van der Waals surface area contributed by atoms with E-state index in [2.05, 4.69) is 34.5 Å². The lowest BCUT2D eigenvalue weighted by molar-refractivity contribution is -0.149.